The smallest absolute Gasteiger partial charge is 0.384 e. The minimum absolute atomic E-state index is 0.0774. The molecule has 0 aromatic heterocycles. The van der Waals surface area contributed by atoms with Crippen molar-refractivity contribution in [1.29, 1.82) is 0 Å². The molecule has 1 fully saturated rings. The Morgan fingerprint density at radius 2 is 2.15 bits per heavy atom. The van der Waals surface area contributed by atoms with Crippen LogP contribution in [0.15, 0.2) is 0 Å². The van der Waals surface area contributed by atoms with Crippen molar-refractivity contribution in [2.75, 3.05) is 31.3 Å². The summed E-state index contributed by atoms with van der Waals surface area (Å²) in [6.45, 7) is 0.867. The SMILES string of the molecule is COC(=O)C#C[C@H]1CCN(S(=O)(=O)CCCCCBr)C1. The van der Waals surface area contributed by atoms with E-state index in [1.54, 1.807) is 0 Å². The van der Waals surface area contributed by atoms with E-state index in [-0.39, 0.29) is 11.7 Å². The van der Waals surface area contributed by atoms with E-state index >= 15 is 0 Å². The summed E-state index contributed by atoms with van der Waals surface area (Å²) in [5.74, 6) is 4.67. The van der Waals surface area contributed by atoms with Gasteiger partial charge < -0.3 is 4.74 Å². The third kappa shape index (κ3) is 5.81. The number of hydrogen-bond acceptors (Lipinski definition) is 4. The Morgan fingerprint density at radius 1 is 1.40 bits per heavy atom. The summed E-state index contributed by atoms with van der Waals surface area (Å²) in [6, 6.07) is 0. The third-order valence-corrected chi connectivity index (χ3v) is 5.63. The molecule has 1 atom stereocenters. The van der Waals surface area contributed by atoms with Crippen LogP contribution < -0.4 is 0 Å². The second-order valence-corrected chi connectivity index (χ2v) is 7.55. The van der Waals surface area contributed by atoms with Gasteiger partial charge in [0.25, 0.3) is 0 Å². The van der Waals surface area contributed by atoms with E-state index < -0.39 is 16.0 Å². The molecular weight excluding hydrogens is 346 g/mol. The van der Waals surface area contributed by atoms with Gasteiger partial charge in [-0.2, -0.15) is 0 Å². The fraction of sp³-hybridized carbons (Fsp3) is 0.769. The zero-order valence-electron chi connectivity index (χ0n) is 11.6. The molecule has 0 radical (unpaired) electrons. The zero-order chi connectivity index (χ0) is 15.0. The highest BCUT2D eigenvalue weighted by atomic mass is 79.9. The lowest BCUT2D eigenvalue weighted by Gasteiger charge is -2.15. The Kier molecular flexibility index (Phi) is 7.56. The lowest BCUT2D eigenvalue weighted by atomic mass is 10.1. The second-order valence-electron chi connectivity index (χ2n) is 4.67. The van der Waals surface area contributed by atoms with E-state index in [2.05, 4.69) is 32.5 Å². The summed E-state index contributed by atoms with van der Waals surface area (Å²) >= 11 is 3.33. The molecule has 1 rings (SSSR count). The minimum Gasteiger partial charge on any atom is -0.459 e. The quantitative estimate of drug-likeness (QED) is 0.234. The summed E-state index contributed by atoms with van der Waals surface area (Å²) in [7, 11) is -1.91. The first-order valence-electron chi connectivity index (χ1n) is 6.63. The molecule has 20 heavy (non-hydrogen) atoms. The molecular formula is C13H20BrNO4S. The van der Waals surface area contributed by atoms with Gasteiger partial charge in [-0.3, -0.25) is 0 Å². The van der Waals surface area contributed by atoms with Gasteiger partial charge in [0, 0.05) is 30.3 Å². The average molecular weight is 366 g/mol. The summed E-state index contributed by atoms with van der Waals surface area (Å²) < 4.78 is 30.1. The van der Waals surface area contributed by atoms with Gasteiger partial charge in [-0.05, 0) is 19.3 Å². The molecule has 0 unspecified atom stereocenters. The van der Waals surface area contributed by atoms with E-state index in [0.717, 1.165) is 18.2 Å². The molecule has 0 aromatic carbocycles. The number of ether oxygens (including phenoxy) is 1. The molecule has 1 aliphatic rings. The molecule has 0 spiro atoms. The first kappa shape index (κ1) is 17.5. The van der Waals surface area contributed by atoms with Crippen LogP contribution in [-0.4, -0.2) is 50.0 Å². The van der Waals surface area contributed by atoms with Crippen molar-refractivity contribution >= 4 is 31.9 Å². The van der Waals surface area contributed by atoms with Crippen LogP contribution in [0.5, 0.6) is 0 Å². The van der Waals surface area contributed by atoms with Gasteiger partial charge in [-0.15, -0.1) is 0 Å². The second kappa shape index (κ2) is 8.65. The van der Waals surface area contributed by atoms with E-state index in [0.29, 0.717) is 25.9 Å². The number of carbonyl (C=O) groups is 1. The largest absolute Gasteiger partial charge is 0.459 e. The van der Waals surface area contributed by atoms with Crippen molar-refractivity contribution in [1.82, 2.24) is 4.31 Å². The van der Waals surface area contributed by atoms with E-state index in [1.807, 2.05) is 0 Å². The van der Waals surface area contributed by atoms with Crippen molar-refractivity contribution in [2.24, 2.45) is 5.92 Å². The van der Waals surface area contributed by atoms with Crippen LogP contribution in [0.4, 0.5) is 0 Å². The Morgan fingerprint density at radius 3 is 2.80 bits per heavy atom. The van der Waals surface area contributed by atoms with Gasteiger partial charge in [0.05, 0.1) is 12.9 Å². The maximum atomic E-state index is 12.1. The van der Waals surface area contributed by atoms with Gasteiger partial charge in [0.1, 0.15) is 0 Å². The Labute approximate surface area is 129 Å². The van der Waals surface area contributed by atoms with Gasteiger partial charge >= 0.3 is 5.97 Å². The Balaban J connectivity index is 2.45. The summed E-state index contributed by atoms with van der Waals surface area (Å²) in [5, 5.41) is 0.905. The summed E-state index contributed by atoms with van der Waals surface area (Å²) in [4.78, 5) is 10.9. The number of halogens is 1. The van der Waals surface area contributed by atoms with Gasteiger partial charge in [-0.1, -0.05) is 28.3 Å². The number of rotatable bonds is 6. The van der Waals surface area contributed by atoms with Crippen molar-refractivity contribution in [3.8, 4) is 11.8 Å². The van der Waals surface area contributed by atoms with Crippen LogP contribution in [0, 0.1) is 17.8 Å². The molecule has 0 saturated carbocycles. The van der Waals surface area contributed by atoms with Crippen LogP contribution in [0.25, 0.3) is 0 Å². The molecule has 0 N–H and O–H groups in total. The predicted molar refractivity (Wildman–Crippen MR) is 80.9 cm³/mol. The van der Waals surface area contributed by atoms with Crippen molar-refractivity contribution in [3.05, 3.63) is 0 Å². The van der Waals surface area contributed by atoms with Gasteiger partial charge in [0.2, 0.25) is 10.0 Å². The number of methoxy groups -OCH3 is 1. The normalized spacial score (nSPS) is 19.4. The molecule has 0 aliphatic carbocycles. The van der Waals surface area contributed by atoms with Crippen LogP contribution in [0.2, 0.25) is 0 Å². The van der Waals surface area contributed by atoms with Crippen molar-refractivity contribution in [3.63, 3.8) is 0 Å². The standard InChI is InChI=1S/C13H20BrNO4S/c1-19-13(16)6-5-12-7-9-15(11-12)20(17,18)10-4-2-3-8-14/h12H,2-4,7-11H2,1H3/t12-/m0/s1. The first-order chi connectivity index (χ1) is 9.49. The molecule has 1 heterocycles. The van der Waals surface area contributed by atoms with E-state index in [9.17, 15) is 13.2 Å². The summed E-state index contributed by atoms with van der Waals surface area (Å²) in [6.07, 6.45) is 3.25. The monoisotopic (exact) mass is 365 g/mol. The lowest BCUT2D eigenvalue weighted by molar-refractivity contribution is -0.133. The average Bonchev–Trinajstić information content (AvgIpc) is 2.90. The molecule has 5 nitrogen and oxygen atoms in total. The zero-order valence-corrected chi connectivity index (χ0v) is 14.0. The molecule has 0 bridgehead atoms. The number of nitrogens with zero attached hydrogens (tertiary/aromatic N) is 1. The fourth-order valence-corrected chi connectivity index (χ4v) is 4.01. The van der Waals surface area contributed by atoms with Crippen LogP contribution in [-0.2, 0) is 19.6 Å². The number of esters is 1. The van der Waals surface area contributed by atoms with Crippen LogP contribution >= 0.6 is 15.9 Å². The Bertz CT molecular complexity index is 480. The third-order valence-electron chi connectivity index (χ3n) is 3.14. The minimum atomic E-state index is -3.18. The molecule has 0 aromatic rings. The Hall–Kier alpha value is -0.580. The fourth-order valence-electron chi connectivity index (χ4n) is 2.00. The predicted octanol–water partition coefficient (Wildman–Crippen LogP) is 1.38. The summed E-state index contributed by atoms with van der Waals surface area (Å²) in [5.41, 5.74) is 0. The number of sulfonamides is 1. The topological polar surface area (TPSA) is 63.7 Å². The van der Waals surface area contributed by atoms with Crippen molar-refractivity contribution < 1.29 is 17.9 Å². The molecule has 1 saturated heterocycles. The molecule has 114 valence electrons. The van der Waals surface area contributed by atoms with E-state index in [4.69, 9.17) is 0 Å². The maximum Gasteiger partial charge on any atom is 0.384 e. The molecule has 1 aliphatic heterocycles. The maximum absolute atomic E-state index is 12.1. The van der Waals surface area contributed by atoms with Gasteiger partial charge in [-0.25, -0.2) is 17.5 Å². The first-order valence-corrected chi connectivity index (χ1v) is 9.36. The number of hydrogen-bond donors (Lipinski definition) is 0. The van der Waals surface area contributed by atoms with E-state index in [1.165, 1.54) is 11.4 Å². The molecule has 7 heteroatoms. The van der Waals surface area contributed by atoms with Crippen LogP contribution in [0.3, 0.4) is 0 Å². The van der Waals surface area contributed by atoms with Gasteiger partial charge in [0.15, 0.2) is 0 Å². The van der Waals surface area contributed by atoms with Crippen LogP contribution in [0.1, 0.15) is 25.7 Å². The number of unbranched alkanes of at least 4 members (excludes halogenated alkanes) is 2. The highest BCUT2D eigenvalue weighted by molar-refractivity contribution is 9.09. The molecule has 0 amide bonds. The number of carbonyl (C=O) groups excluding carboxylic acids is 1. The number of alkyl halides is 1. The highest BCUT2D eigenvalue weighted by Gasteiger charge is 2.30. The van der Waals surface area contributed by atoms with Crippen molar-refractivity contribution in [2.45, 2.75) is 25.7 Å². The highest BCUT2D eigenvalue weighted by Crippen LogP contribution is 2.20. The lowest BCUT2D eigenvalue weighted by Crippen LogP contribution is -2.31.